The molecule has 1 fully saturated rings. The highest BCUT2D eigenvalue weighted by Crippen LogP contribution is 2.21. The number of halogens is 2. The molecule has 0 saturated carbocycles. The fourth-order valence-electron chi connectivity index (χ4n) is 3.27. The predicted octanol–water partition coefficient (Wildman–Crippen LogP) is 4.11. The van der Waals surface area contributed by atoms with E-state index in [0.29, 0.717) is 17.5 Å². The van der Waals surface area contributed by atoms with Gasteiger partial charge in [-0.15, -0.1) is 11.3 Å². The smallest absolute Gasteiger partial charge is 0.224 e. The van der Waals surface area contributed by atoms with Gasteiger partial charge in [0.05, 0.1) is 6.42 Å². The summed E-state index contributed by atoms with van der Waals surface area (Å²) in [6, 6.07) is 8.72. The fourth-order valence-corrected chi connectivity index (χ4v) is 4.24. The molecule has 0 aliphatic carbocycles. The molecule has 3 nitrogen and oxygen atoms in total. The molecule has 0 radical (unpaired) electrons. The van der Waals surface area contributed by atoms with E-state index in [2.05, 4.69) is 27.7 Å². The first-order valence-corrected chi connectivity index (χ1v) is 9.82. The van der Waals surface area contributed by atoms with E-state index in [1.54, 1.807) is 23.5 Å². The molecule has 1 unspecified atom stereocenters. The van der Waals surface area contributed by atoms with Crippen molar-refractivity contribution >= 4 is 28.8 Å². The minimum Gasteiger partial charge on any atom is -0.355 e. The van der Waals surface area contributed by atoms with E-state index in [4.69, 9.17) is 11.6 Å². The van der Waals surface area contributed by atoms with Gasteiger partial charge in [0.1, 0.15) is 5.82 Å². The molecule has 134 valence electrons. The van der Waals surface area contributed by atoms with Crippen molar-refractivity contribution in [3.63, 3.8) is 0 Å². The van der Waals surface area contributed by atoms with Gasteiger partial charge >= 0.3 is 0 Å². The highest BCUT2D eigenvalue weighted by molar-refractivity contribution is 7.09. The van der Waals surface area contributed by atoms with E-state index >= 15 is 0 Å². The molecule has 25 heavy (non-hydrogen) atoms. The van der Waals surface area contributed by atoms with Crippen molar-refractivity contribution in [1.82, 2.24) is 10.2 Å². The molecule has 6 heteroatoms. The highest BCUT2D eigenvalue weighted by Gasteiger charge is 2.21. The van der Waals surface area contributed by atoms with E-state index < -0.39 is 5.82 Å². The van der Waals surface area contributed by atoms with Gasteiger partial charge in [-0.25, -0.2) is 4.39 Å². The second-order valence-corrected chi connectivity index (χ2v) is 7.94. The van der Waals surface area contributed by atoms with Crippen molar-refractivity contribution < 1.29 is 9.18 Å². The van der Waals surface area contributed by atoms with Crippen molar-refractivity contribution in [3.05, 3.63) is 57.0 Å². The summed E-state index contributed by atoms with van der Waals surface area (Å²) in [5, 5.41) is 5.35. The summed E-state index contributed by atoms with van der Waals surface area (Å²) < 4.78 is 13.8. The van der Waals surface area contributed by atoms with Gasteiger partial charge in [0.15, 0.2) is 0 Å². The molecule has 3 rings (SSSR count). The maximum Gasteiger partial charge on any atom is 0.224 e. The number of carbonyl (C=O) groups excluding carboxylic acids is 1. The van der Waals surface area contributed by atoms with Crippen LogP contribution in [0.1, 0.15) is 23.3 Å². The van der Waals surface area contributed by atoms with E-state index in [1.165, 1.54) is 10.9 Å². The quantitative estimate of drug-likeness (QED) is 0.817. The molecule has 0 spiro atoms. The monoisotopic (exact) mass is 380 g/mol. The van der Waals surface area contributed by atoms with Crippen molar-refractivity contribution in [1.29, 1.82) is 0 Å². The Bertz CT molecular complexity index is 687. The number of benzene rings is 1. The number of hydrogen-bond acceptors (Lipinski definition) is 3. The SMILES string of the molecule is O=C(Cc1c(F)cccc1Cl)NCC1CCCN(Cc2cccs2)C1. The molecule has 1 amide bonds. The Labute approximate surface area is 156 Å². The normalized spacial score (nSPS) is 18.2. The fraction of sp³-hybridized carbons (Fsp3) is 0.421. The lowest BCUT2D eigenvalue weighted by molar-refractivity contribution is -0.120. The molecule has 1 atom stereocenters. The summed E-state index contributed by atoms with van der Waals surface area (Å²) in [5.74, 6) is -0.168. The van der Waals surface area contributed by atoms with Gasteiger partial charge in [-0.1, -0.05) is 23.7 Å². The van der Waals surface area contributed by atoms with Crippen LogP contribution in [0.4, 0.5) is 4.39 Å². The van der Waals surface area contributed by atoms with Crippen LogP contribution in [0, 0.1) is 11.7 Å². The van der Waals surface area contributed by atoms with Crippen molar-refractivity contribution in [3.8, 4) is 0 Å². The Hall–Kier alpha value is -1.43. The minimum atomic E-state index is -0.428. The summed E-state index contributed by atoms with van der Waals surface area (Å²) in [7, 11) is 0. The van der Waals surface area contributed by atoms with Gasteiger partial charge in [-0.3, -0.25) is 9.69 Å². The predicted molar refractivity (Wildman–Crippen MR) is 100 cm³/mol. The largest absolute Gasteiger partial charge is 0.355 e. The van der Waals surface area contributed by atoms with Crippen molar-refractivity contribution in [2.45, 2.75) is 25.8 Å². The Morgan fingerprint density at radius 3 is 3.00 bits per heavy atom. The number of amides is 1. The summed E-state index contributed by atoms with van der Waals surface area (Å²) in [4.78, 5) is 16.0. The van der Waals surface area contributed by atoms with Crippen LogP contribution in [0.15, 0.2) is 35.7 Å². The van der Waals surface area contributed by atoms with Gasteiger partial charge in [-0.05, 0) is 48.9 Å². The van der Waals surface area contributed by atoms with E-state index in [0.717, 1.165) is 32.5 Å². The molecule has 1 aromatic heterocycles. The van der Waals surface area contributed by atoms with E-state index in [9.17, 15) is 9.18 Å². The lowest BCUT2D eigenvalue weighted by atomic mass is 9.98. The number of nitrogens with zero attached hydrogens (tertiary/aromatic N) is 1. The molecule has 1 aromatic carbocycles. The number of piperidine rings is 1. The first kappa shape index (κ1) is 18.4. The summed E-state index contributed by atoms with van der Waals surface area (Å²) in [6.07, 6.45) is 2.24. The molecule has 1 aliphatic rings. The van der Waals surface area contributed by atoms with Crippen LogP contribution >= 0.6 is 22.9 Å². The highest BCUT2D eigenvalue weighted by atomic mass is 35.5. The van der Waals surface area contributed by atoms with Gasteiger partial charge in [0.2, 0.25) is 5.91 Å². The molecular formula is C19H22ClFN2OS. The van der Waals surface area contributed by atoms with Crippen LogP contribution in [0.5, 0.6) is 0 Å². The molecule has 1 aliphatic heterocycles. The number of likely N-dealkylation sites (tertiary alicyclic amines) is 1. The molecule has 0 bridgehead atoms. The van der Waals surface area contributed by atoms with E-state index in [-0.39, 0.29) is 17.9 Å². The number of thiophene rings is 1. The summed E-state index contributed by atoms with van der Waals surface area (Å²) in [6.45, 7) is 3.70. The molecule has 1 saturated heterocycles. The maximum atomic E-state index is 13.8. The number of rotatable bonds is 6. The van der Waals surface area contributed by atoms with Crippen LogP contribution in [-0.2, 0) is 17.8 Å². The number of carbonyl (C=O) groups is 1. The maximum absolute atomic E-state index is 13.8. The first-order valence-electron chi connectivity index (χ1n) is 8.56. The Kier molecular flexibility index (Phi) is 6.45. The van der Waals surface area contributed by atoms with Gasteiger partial charge in [-0.2, -0.15) is 0 Å². The van der Waals surface area contributed by atoms with Crippen molar-refractivity contribution in [2.24, 2.45) is 5.92 Å². The minimum absolute atomic E-state index is 0.0167. The second kappa shape index (κ2) is 8.79. The zero-order valence-electron chi connectivity index (χ0n) is 14.0. The van der Waals surface area contributed by atoms with Gasteiger partial charge in [0, 0.05) is 35.1 Å². The average Bonchev–Trinajstić information content (AvgIpc) is 3.10. The van der Waals surface area contributed by atoms with Crippen LogP contribution in [-0.4, -0.2) is 30.4 Å². The topological polar surface area (TPSA) is 32.3 Å². The lowest BCUT2D eigenvalue weighted by Gasteiger charge is -2.32. The Balaban J connectivity index is 1.47. The van der Waals surface area contributed by atoms with Crippen molar-refractivity contribution in [2.75, 3.05) is 19.6 Å². The van der Waals surface area contributed by atoms with Crippen LogP contribution in [0.3, 0.4) is 0 Å². The molecule has 2 aromatic rings. The number of nitrogens with one attached hydrogen (secondary N) is 1. The van der Waals surface area contributed by atoms with Gasteiger partial charge < -0.3 is 5.32 Å². The molecule has 1 N–H and O–H groups in total. The Morgan fingerprint density at radius 2 is 2.24 bits per heavy atom. The van der Waals surface area contributed by atoms with E-state index in [1.807, 2.05) is 0 Å². The Morgan fingerprint density at radius 1 is 1.36 bits per heavy atom. The third kappa shape index (κ3) is 5.27. The zero-order chi connectivity index (χ0) is 17.6. The van der Waals surface area contributed by atoms with Crippen LogP contribution in [0.25, 0.3) is 0 Å². The van der Waals surface area contributed by atoms with Crippen LogP contribution < -0.4 is 5.32 Å². The summed E-state index contributed by atoms with van der Waals surface area (Å²) >= 11 is 7.76. The number of hydrogen-bond donors (Lipinski definition) is 1. The molecular weight excluding hydrogens is 359 g/mol. The lowest BCUT2D eigenvalue weighted by Crippen LogP contribution is -2.40. The molecule has 2 heterocycles. The standard InChI is InChI=1S/C19H22ClFN2OS/c20-17-6-1-7-18(21)16(17)10-19(24)22-11-14-4-2-8-23(12-14)13-15-5-3-9-25-15/h1,3,5-7,9,14H,2,4,8,10-13H2,(H,22,24). The third-order valence-corrected chi connectivity index (χ3v) is 5.76. The summed E-state index contributed by atoms with van der Waals surface area (Å²) in [5.41, 5.74) is 0.268. The average molecular weight is 381 g/mol. The first-order chi connectivity index (χ1) is 12.1. The second-order valence-electron chi connectivity index (χ2n) is 6.50. The van der Waals surface area contributed by atoms with Crippen LogP contribution in [0.2, 0.25) is 5.02 Å². The zero-order valence-corrected chi connectivity index (χ0v) is 15.6. The van der Waals surface area contributed by atoms with Gasteiger partial charge in [0.25, 0.3) is 0 Å². The third-order valence-electron chi connectivity index (χ3n) is 4.55.